The maximum atomic E-state index is 11.4. The van der Waals surface area contributed by atoms with E-state index in [1.165, 1.54) is 0 Å². The second-order valence-electron chi connectivity index (χ2n) is 6.91. The number of morpholine rings is 1. The van der Waals surface area contributed by atoms with Crippen molar-refractivity contribution in [3.63, 3.8) is 0 Å². The molecule has 0 spiro atoms. The molecule has 1 saturated heterocycles. The average molecular weight is 300 g/mol. The molecule has 0 bridgehead atoms. The summed E-state index contributed by atoms with van der Waals surface area (Å²) >= 11 is 0. The van der Waals surface area contributed by atoms with E-state index in [4.69, 9.17) is 4.74 Å². The molecule has 21 heavy (non-hydrogen) atoms. The average Bonchev–Trinajstić information content (AvgIpc) is 2.32. The highest BCUT2D eigenvalue weighted by Gasteiger charge is 2.32. The summed E-state index contributed by atoms with van der Waals surface area (Å²) < 4.78 is 5.72. The first-order valence-electron chi connectivity index (χ1n) is 8.12. The minimum absolute atomic E-state index is 0.173. The molecule has 0 saturated carbocycles. The van der Waals surface area contributed by atoms with Crippen molar-refractivity contribution in [3.05, 3.63) is 0 Å². The van der Waals surface area contributed by atoms with Crippen LogP contribution in [0.2, 0.25) is 0 Å². The highest BCUT2D eigenvalue weighted by molar-refractivity contribution is 5.78. The molecule has 5 nitrogen and oxygen atoms in total. The summed E-state index contributed by atoms with van der Waals surface area (Å²) in [5, 5.41) is 12.6. The van der Waals surface area contributed by atoms with Gasteiger partial charge in [0.2, 0.25) is 0 Å². The number of carbonyl (C=O) groups is 1. The molecule has 0 aromatic heterocycles. The van der Waals surface area contributed by atoms with Crippen LogP contribution in [0.25, 0.3) is 0 Å². The van der Waals surface area contributed by atoms with Crippen LogP contribution in [-0.2, 0) is 9.53 Å². The van der Waals surface area contributed by atoms with Gasteiger partial charge in [-0.2, -0.15) is 0 Å². The molecule has 0 radical (unpaired) electrons. The number of carboxylic acid groups (broad SMARTS) is 1. The van der Waals surface area contributed by atoms with E-state index in [1.807, 2.05) is 13.8 Å². The van der Waals surface area contributed by atoms with E-state index in [0.29, 0.717) is 18.6 Å². The molecule has 1 unspecified atom stereocenters. The zero-order chi connectivity index (χ0) is 16.0. The van der Waals surface area contributed by atoms with E-state index < -0.39 is 11.5 Å². The fourth-order valence-corrected chi connectivity index (χ4v) is 3.16. The largest absolute Gasteiger partial charge is 0.480 e. The Morgan fingerprint density at radius 2 is 1.90 bits per heavy atom. The van der Waals surface area contributed by atoms with Gasteiger partial charge in [-0.25, -0.2) is 0 Å². The fraction of sp³-hybridized carbons (Fsp3) is 0.938. The summed E-state index contributed by atoms with van der Waals surface area (Å²) in [7, 11) is 0. The Kier molecular flexibility index (Phi) is 7.10. The second-order valence-corrected chi connectivity index (χ2v) is 6.91. The molecule has 0 aliphatic carbocycles. The fourth-order valence-electron chi connectivity index (χ4n) is 3.16. The standard InChI is InChI=1S/C16H32N2O3/c1-12(2)17-16(5,15(19)20)8-6-7-9-18-10-13(3)21-14(4)11-18/h12-14,17H,6-11H2,1-5H3,(H,19,20)/t13-,14+,16?. The third-order valence-corrected chi connectivity index (χ3v) is 3.98. The zero-order valence-electron chi connectivity index (χ0n) is 14.2. The first-order valence-corrected chi connectivity index (χ1v) is 8.12. The Morgan fingerprint density at radius 1 is 1.33 bits per heavy atom. The van der Waals surface area contributed by atoms with Crippen LogP contribution in [0, 0.1) is 0 Å². The molecule has 1 rings (SSSR count). The highest BCUT2D eigenvalue weighted by Crippen LogP contribution is 2.17. The number of nitrogens with one attached hydrogen (secondary N) is 1. The van der Waals surface area contributed by atoms with Crippen LogP contribution in [-0.4, -0.2) is 59.4 Å². The smallest absolute Gasteiger partial charge is 0.323 e. The number of aliphatic carboxylic acids is 1. The summed E-state index contributed by atoms with van der Waals surface area (Å²) in [5.74, 6) is -0.759. The molecule has 1 heterocycles. The zero-order valence-corrected chi connectivity index (χ0v) is 14.2. The van der Waals surface area contributed by atoms with Gasteiger partial charge >= 0.3 is 5.97 Å². The quantitative estimate of drug-likeness (QED) is 0.672. The van der Waals surface area contributed by atoms with Crippen LogP contribution in [0.1, 0.15) is 53.9 Å². The SMILES string of the molecule is CC(C)NC(C)(CCCCN1C[C@@H](C)O[C@@H](C)C1)C(=O)O. The number of hydrogen-bond donors (Lipinski definition) is 2. The van der Waals surface area contributed by atoms with E-state index in [1.54, 1.807) is 6.92 Å². The van der Waals surface area contributed by atoms with E-state index in [-0.39, 0.29) is 6.04 Å². The Labute approximate surface area is 129 Å². The van der Waals surface area contributed by atoms with Crippen LogP contribution in [0.15, 0.2) is 0 Å². The summed E-state index contributed by atoms with van der Waals surface area (Å²) in [6, 6.07) is 0.173. The Morgan fingerprint density at radius 3 is 2.38 bits per heavy atom. The van der Waals surface area contributed by atoms with E-state index in [9.17, 15) is 9.90 Å². The molecule has 3 atom stereocenters. The molecule has 5 heteroatoms. The third-order valence-electron chi connectivity index (χ3n) is 3.98. The van der Waals surface area contributed by atoms with E-state index in [0.717, 1.165) is 32.5 Å². The van der Waals surface area contributed by atoms with Gasteiger partial charge in [0, 0.05) is 19.1 Å². The van der Waals surface area contributed by atoms with Crippen molar-refractivity contribution >= 4 is 5.97 Å². The summed E-state index contributed by atoms with van der Waals surface area (Å²) in [6.07, 6.45) is 3.20. The molecule has 0 amide bonds. The first kappa shape index (κ1) is 18.4. The van der Waals surface area contributed by atoms with Gasteiger partial charge in [-0.05, 0) is 60.4 Å². The molecule has 0 aromatic carbocycles. The van der Waals surface area contributed by atoms with Crippen molar-refractivity contribution in [2.75, 3.05) is 19.6 Å². The molecule has 1 fully saturated rings. The third kappa shape index (κ3) is 6.32. The van der Waals surface area contributed by atoms with Crippen LogP contribution < -0.4 is 5.32 Å². The molecule has 2 N–H and O–H groups in total. The molecule has 1 aliphatic rings. The maximum absolute atomic E-state index is 11.4. The number of nitrogens with zero attached hydrogens (tertiary/aromatic N) is 1. The van der Waals surface area contributed by atoms with Crippen molar-refractivity contribution in [2.45, 2.75) is 77.7 Å². The van der Waals surface area contributed by atoms with Gasteiger partial charge in [-0.15, -0.1) is 0 Å². The molecular weight excluding hydrogens is 268 g/mol. The summed E-state index contributed by atoms with van der Waals surface area (Å²) in [6.45, 7) is 12.9. The van der Waals surface area contributed by atoms with Crippen LogP contribution >= 0.6 is 0 Å². The maximum Gasteiger partial charge on any atom is 0.323 e. The second kappa shape index (κ2) is 8.11. The van der Waals surface area contributed by atoms with Crippen molar-refractivity contribution in [1.29, 1.82) is 0 Å². The summed E-state index contributed by atoms with van der Waals surface area (Å²) in [4.78, 5) is 13.9. The normalized spacial score (nSPS) is 26.8. The van der Waals surface area contributed by atoms with Gasteiger partial charge < -0.3 is 9.84 Å². The van der Waals surface area contributed by atoms with Crippen molar-refractivity contribution in [3.8, 4) is 0 Å². The predicted octanol–water partition coefficient (Wildman–Crippen LogP) is 2.11. The Bertz CT molecular complexity index is 325. The van der Waals surface area contributed by atoms with Gasteiger partial charge in [0.1, 0.15) is 5.54 Å². The Hall–Kier alpha value is -0.650. The van der Waals surface area contributed by atoms with E-state index >= 15 is 0 Å². The number of ether oxygens (including phenoxy) is 1. The molecule has 1 aliphatic heterocycles. The number of rotatable bonds is 8. The lowest BCUT2D eigenvalue weighted by molar-refractivity contribution is -0.144. The number of carboxylic acids is 1. The topological polar surface area (TPSA) is 61.8 Å². The van der Waals surface area contributed by atoms with Crippen molar-refractivity contribution < 1.29 is 14.6 Å². The van der Waals surface area contributed by atoms with Crippen LogP contribution in [0.3, 0.4) is 0 Å². The molecule has 124 valence electrons. The van der Waals surface area contributed by atoms with E-state index in [2.05, 4.69) is 24.1 Å². The lowest BCUT2D eigenvalue weighted by Gasteiger charge is -2.35. The van der Waals surface area contributed by atoms with Gasteiger partial charge in [0.15, 0.2) is 0 Å². The summed E-state index contributed by atoms with van der Waals surface area (Å²) in [5.41, 5.74) is -0.820. The van der Waals surface area contributed by atoms with Gasteiger partial charge in [-0.1, -0.05) is 0 Å². The number of hydrogen-bond acceptors (Lipinski definition) is 4. The lowest BCUT2D eigenvalue weighted by Crippen LogP contribution is -2.52. The van der Waals surface area contributed by atoms with Crippen LogP contribution in [0.5, 0.6) is 0 Å². The molecular formula is C16H32N2O3. The minimum atomic E-state index is -0.820. The van der Waals surface area contributed by atoms with Gasteiger partial charge in [0.05, 0.1) is 12.2 Å². The minimum Gasteiger partial charge on any atom is -0.480 e. The van der Waals surface area contributed by atoms with Gasteiger partial charge in [-0.3, -0.25) is 15.0 Å². The number of unbranched alkanes of at least 4 members (excludes halogenated alkanes) is 1. The van der Waals surface area contributed by atoms with Gasteiger partial charge in [0.25, 0.3) is 0 Å². The van der Waals surface area contributed by atoms with Crippen molar-refractivity contribution in [1.82, 2.24) is 10.2 Å². The monoisotopic (exact) mass is 300 g/mol. The predicted molar refractivity (Wildman–Crippen MR) is 84.6 cm³/mol. The van der Waals surface area contributed by atoms with Crippen LogP contribution in [0.4, 0.5) is 0 Å². The lowest BCUT2D eigenvalue weighted by atomic mass is 9.94. The Balaban J connectivity index is 2.33. The van der Waals surface area contributed by atoms with Crippen molar-refractivity contribution in [2.24, 2.45) is 0 Å². The highest BCUT2D eigenvalue weighted by atomic mass is 16.5. The first-order chi connectivity index (χ1) is 9.73. The molecule has 0 aromatic rings.